The number of thiazole rings is 1. The van der Waals surface area contributed by atoms with E-state index < -0.39 is 0 Å². The van der Waals surface area contributed by atoms with Gasteiger partial charge in [0.2, 0.25) is 5.91 Å². The number of nitrogens with zero attached hydrogens (tertiary/aromatic N) is 4. The minimum atomic E-state index is -0.0307. The lowest BCUT2D eigenvalue weighted by Gasteiger charge is -2.26. The van der Waals surface area contributed by atoms with Gasteiger partial charge < -0.3 is 5.32 Å². The number of hydrogen-bond donors (Lipinski definition) is 1. The maximum atomic E-state index is 12.0. The van der Waals surface area contributed by atoms with Crippen LogP contribution >= 0.6 is 11.3 Å². The summed E-state index contributed by atoms with van der Waals surface area (Å²) in [6, 6.07) is 0. The van der Waals surface area contributed by atoms with Crippen LogP contribution in [-0.2, 0) is 17.8 Å². The number of nitrogens with one attached hydrogen (secondary N) is 1. The molecule has 0 atom stereocenters. The lowest BCUT2D eigenvalue weighted by atomic mass is 10.1. The van der Waals surface area contributed by atoms with Crippen LogP contribution in [0.2, 0.25) is 0 Å². The normalized spacial score (nSPS) is 14.8. The van der Waals surface area contributed by atoms with Crippen LogP contribution in [0.5, 0.6) is 0 Å². The van der Waals surface area contributed by atoms with Crippen molar-refractivity contribution < 1.29 is 4.79 Å². The Morgan fingerprint density at radius 2 is 2.45 bits per heavy atom. The molecule has 7 heteroatoms. The van der Waals surface area contributed by atoms with Gasteiger partial charge in [0.05, 0.1) is 17.9 Å². The largest absolute Gasteiger partial charge is 0.301 e. The molecule has 0 fully saturated rings. The first-order valence-electron chi connectivity index (χ1n) is 6.43. The summed E-state index contributed by atoms with van der Waals surface area (Å²) in [5.74, 6) is -0.0307. The summed E-state index contributed by atoms with van der Waals surface area (Å²) in [5, 5.41) is 5.41. The zero-order valence-corrected chi connectivity index (χ0v) is 12.0. The number of aromatic nitrogens is 3. The molecule has 0 aliphatic carbocycles. The van der Waals surface area contributed by atoms with Gasteiger partial charge in [-0.05, 0) is 18.9 Å². The summed E-state index contributed by atoms with van der Waals surface area (Å²) in [6.07, 6.45) is 4.30. The Kier molecular flexibility index (Phi) is 3.70. The number of aryl methyl sites for hydroxylation is 1. The zero-order chi connectivity index (χ0) is 13.9. The molecule has 2 aromatic heterocycles. The number of anilines is 1. The number of carbonyl (C=O) groups is 1. The van der Waals surface area contributed by atoms with Crippen LogP contribution in [0, 0.1) is 6.92 Å². The molecule has 1 aliphatic heterocycles. The lowest BCUT2D eigenvalue weighted by molar-refractivity contribution is -0.117. The molecule has 0 saturated carbocycles. The van der Waals surface area contributed by atoms with E-state index in [1.807, 2.05) is 18.5 Å². The van der Waals surface area contributed by atoms with Crippen molar-refractivity contribution in [2.45, 2.75) is 19.9 Å². The van der Waals surface area contributed by atoms with Gasteiger partial charge in [-0.3, -0.25) is 9.69 Å². The SMILES string of the molecule is Cc1csc(NC(=O)CN2CCc3cncnc3C2)n1. The fourth-order valence-electron chi connectivity index (χ4n) is 2.21. The molecule has 0 radical (unpaired) electrons. The van der Waals surface area contributed by atoms with Gasteiger partial charge in [-0.25, -0.2) is 15.0 Å². The molecule has 3 heterocycles. The van der Waals surface area contributed by atoms with Crippen LogP contribution in [0.25, 0.3) is 0 Å². The first-order chi connectivity index (χ1) is 9.70. The average molecular weight is 289 g/mol. The Labute approximate surface area is 120 Å². The topological polar surface area (TPSA) is 71.0 Å². The number of rotatable bonds is 3. The quantitative estimate of drug-likeness (QED) is 0.920. The molecule has 20 heavy (non-hydrogen) atoms. The van der Waals surface area contributed by atoms with Crippen molar-refractivity contribution in [3.05, 3.63) is 34.9 Å². The number of hydrogen-bond acceptors (Lipinski definition) is 6. The molecule has 0 aromatic carbocycles. The highest BCUT2D eigenvalue weighted by Crippen LogP contribution is 2.16. The Hall–Kier alpha value is -1.86. The molecular weight excluding hydrogens is 274 g/mol. The average Bonchev–Trinajstić information content (AvgIpc) is 2.83. The smallest absolute Gasteiger partial charge is 0.240 e. The van der Waals surface area contributed by atoms with Crippen LogP contribution < -0.4 is 5.32 Å². The first-order valence-corrected chi connectivity index (χ1v) is 7.31. The van der Waals surface area contributed by atoms with E-state index in [1.165, 1.54) is 16.9 Å². The third kappa shape index (κ3) is 3.00. The van der Waals surface area contributed by atoms with Crippen molar-refractivity contribution in [2.75, 3.05) is 18.4 Å². The molecule has 1 aliphatic rings. The monoisotopic (exact) mass is 289 g/mol. The highest BCUT2D eigenvalue weighted by molar-refractivity contribution is 7.13. The van der Waals surface area contributed by atoms with Gasteiger partial charge in [-0.15, -0.1) is 11.3 Å². The van der Waals surface area contributed by atoms with Crippen LogP contribution in [-0.4, -0.2) is 38.8 Å². The fraction of sp³-hybridized carbons (Fsp3) is 0.385. The molecule has 1 amide bonds. The van der Waals surface area contributed by atoms with E-state index >= 15 is 0 Å². The van der Waals surface area contributed by atoms with Gasteiger partial charge in [-0.1, -0.05) is 0 Å². The highest BCUT2D eigenvalue weighted by atomic mass is 32.1. The summed E-state index contributed by atoms with van der Waals surface area (Å²) in [5.41, 5.74) is 3.12. The molecule has 1 N–H and O–H groups in total. The van der Waals surface area contributed by atoms with Crippen LogP contribution in [0.1, 0.15) is 17.0 Å². The molecule has 0 unspecified atom stereocenters. The third-order valence-electron chi connectivity index (χ3n) is 3.18. The molecular formula is C13H15N5OS. The van der Waals surface area contributed by atoms with Gasteiger partial charge in [0, 0.05) is 24.7 Å². The second-order valence-corrected chi connectivity index (χ2v) is 5.66. The maximum Gasteiger partial charge on any atom is 0.240 e. The van der Waals surface area contributed by atoms with Crippen molar-refractivity contribution in [3.8, 4) is 0 Å². The van der Waals surface area contributed by atoms with Gasteiger partial charge in [0.25, 0.3) is 0 Å². The van der Waals surface area contributed by atoms with Crippen molar-refractivity contribution in [1.29, 1.82) is 0 Å². The summed E-state index contributed by atoms with van der Waals surface area (Å²) >= 11 is 1.45. The molecule has 104 valence electrons. The Balaban J connectivity index is 1.58. The van der Waals surface area contributed by atoms with Gasteiger partial charge >= 0.3 is 0 Å². The Morgan fingerprint density at radius 1 is 1.55 bits per heavy atom. The van der Waals surface area contributed by atoms with E-state index in [4.69, 9.17) is 0 Å². The Bertz CT molecular complexity index is 627. The molecule has 6 nitrogen and oxygen atoms in total. The van der Waals surface area contributed by atoms with Gasteiger partial charge in [-0.2, -0.15) is 0 Å². The Morgan fingerprint density at radius 3 is 3.25 bits per heavy atom. The van der Waals surface area contributed by atoms with E-state index in [1.54, 1.807) is 6.33 Å². The van der Waals surface area contributed by atoms with E-state index in [2.05, 4.69) is 25.2 Å². The minimum absolute atomic E-state index is 0.0307. The zero-order valence-electron chi connectivity index (χ0n) is 11.2. The van der Waals surface area contributed by atoms with Gasteiger partial charge in [0.1, 0.15) is 6.33 Å². The fourth-order valence-corrected chi connectivity index (χ4v) is 2.92. The van der Waals surface area contributed by atoms with E-state index in [0.717, 1.165) is 24.4 Å². The summed E-state index contributed by atoms with van der Waals surface area (Å²) in [6.45, 7) is 3.82. The van der Waals surface area contributed by atoms with Gasteiger partial charge in [0.15, 0.2) is 5.13 Å². The predicted octanol–water partition coefficient (Wildman–Crippen LogP) is 1.24. The second kappa shape index (κ2) is 5.64. The van der Waals surface area contributed by atoms with E-state index in [9.17, 15) is 4.79 Å². The highest BCUT2D eigenvalue weighted by Gasteiger charge is 2.19. The summed E-state index contributed by atoms with van der Waals surface area (Å²) < 4.78 is 0. The summed E-state index contributed by atoms with van der Waals surface area (Å²) in [4.78, 5) is 26.6. The third-order valence-corrected chi connectivity index (χ3v) is 4.06. The van der Waals surface area contributed by atoms with E-state index in [-0.39, 0.29) is 5.91 Å². The molecule has 2 aromatic rings. The maximum absolute atomic E-state index is 12.0. The number of carbonyl (C=O) groups excluding carboxylic acids is 1. The summed E-state index contributed by atoms with van der Waals surface area (Å²) in [7, 11) is 0. The van der Waals surface area contributed by atoms with Crippen LogP contribution in [0.15, 0.2) is 17.9 Å². The minimum Gasteiger partial charge on any atom is -0.301 e. The molecule has 0 spiro atoms. The molecule has 3 rings (SSSR count). The molecule has 0 saturated heterocycles. The van der Waals surface area contributed by atoms with E-state index in [0.29, 0.717) is 18.2 Å². The van der Waals surface area contributed by atoms with Crippen molar-refractivity contribution in [3.63, 3.8) is 0 Å². The van der Waals surface area contributed by atoms with Crippen molar-refractivity contribution >= 4 is 22.4 Å². The first kappa shape index (κ1) is 13.1. The van der Waals surface area contributed by atoms with Crippen molar-refractivity contribution in [1.82, 2.24) is 19.9 Å². The van der Waals surface area contributed by atoms with Crippen molar-refractivity contribution in [2.24, 2.45) is 0 Å². The lowest BCUT2D eigenvalue weighted by Crippen LogP contribution is -2.37. The molecule has 0 bridgehead atoms. The van der Waals surface area contributed by atoms with Crippen LogP contribution in [0.4, 0.5) is 5.13 Å². The second-order valence-electron chi connectivity index (χ2n) is 4.80. The predicted molar refractivity (Wildman–Crippen MR) is 76.5 cm³/mol. The standard InChI is InChI=1S/C13H15N5OS/c1-9-7-20-13(16-9)17-12(19)6-18-3-2-10-4-14-8-15-11(10)5-18/h4,7-8H,2-3,5-6H2,1H3,(H,16,17,19). The number of fused-ring (bicyclic) bond motifs is 1. The number of amides is 1. The van der Waals surface area contributed by atoms with Crippen LogP contribution in [0.3, 0.4) is 0 Å².